The molecule has 0 heterocycles. The molecule has 1 aromatic carbocycles. The summed E-state index contributed by atoms with van der Waals surface area (Å²) in [7, 11) is 1.43. The molecule has 7 heteroatoms. The van der Waals surface area contributed by atoms with Crippen LogP contribution in [0, 0.1) is 11.7 Å². The standard InChI is InChI=1S/C19H27FN2O4/c1-12(23)17(22-18(24)13-7-3-4-8-13)19(25)21-11-16(26-2)14-9-5-6-10-15(14)20/h5-6,9-10,12-13,16-17,23H,3-4,7-8,11H2,1-2H3,(H,21,25)(H,22,24). The van der Waals surface area contributed by atoms with Crippen LogP contribution < -0.4 is 10.6 Å². The summed E-state index contributed by atoms with van der Waals surface area (Å²) in [5.41, 5.74) is 0.332. The molecule has 3 atom stereocenters. The van der Waals surface area contributed by atoms with Gasteiger partial charge in [-0.05, 0) is 25.8 Å². The summed E-state index contributed by atoms with van der Waals surface area (Å²) in [6.45, 7) is 1.47. The van der Waals surface area contributed by atoms with E-state index in [9.17, 15) is 19.1 Å². The van der Waals surface area contributed by atoms with E-state index in [-0.39, 0.29) is 18.4 Å². The molecule has 1 aromatic rings. The SMILES string of the molecule is COC(CNC(=O)C(NC(=O)C1CCCC1)C(C)O)c1ccccc1F. The zero-order chi connectivity index (χ0) is 19.1. The second-order valence-electron chi connectivity index (χ2n) is 6.70. The first-order chi connectivity index (χ1) is 12.4. The Bertz CT molecular complexity index is 617. The van der Waals surface area contributed by atoms with Crippen molar-refractivity contribution in [3.63, 3.8) is 0 Å². The lowest BCUT2D eigenvalue weighted by Crippen LogP contribution is -2.54. The van der Waals surface area contributed by atoms with E-state index in [0.717, 1.165) is 25.7 Å². The van der Waals surface area contributed by atoms with Crippen LogP contribution in [-0.2, 0) is 14.3 Å². The first kappa shape index (κ1) is 20.3. The van der Waals surface area contributed by atoms with Crippen molar-refractivity contribution in [3.05, 3.63) is 35.6 Å². The number of hydrogen-bond acceptors (Lipinski definition) is 4. The van der Waals surface area contributed by atoms with Crippen molar-refractivity contribution in [2.24, 2.45) is 5.92 Å². The summed E-state index contributed by atoms with van der Waals surface area (Å²) in [5, 5.41) is 15.2. The zero-order valence-corrected chi connectivity index (χ0v) is 15.2. The van der Waals surface area contributed by atoms with Crippen LogP contribution in [0.5, 0.6) is 0 Å². The zero-order valence-electron chi connectivity index (χ0n) is 15.2. The van der Waals surface area contributed by atoms with Gasteiger partial charge in [-0.1, -0.05) is 31.0 Å². The molecule has 2 amide bonds. The number of nitrogens with one attached hydrogen (secondary N) is 2. The molecule has 0 bridgehead atoms. The summed E-state index contributed by atoms with van der Waals surface area (Å²) >= 11 is 0. The Labute approximate surface area is 153 Å². The highest BCUT2D eigenvalue weighted by molar-refractivity contribution is 5.89. The summed E-state index contributed by atoms with van der Waals surface area (Å²) in [4.78, 5) is 24.7. The van der Waals surface area contributed by atoms with Crippen LogP contribution in [0.1, 0.15) is 44.3 Å². The van der Waals surface area contributed by atoms with E-state index in [0.29, 0.717) is 5.56 Å². The van der Waals surface area contributed by atoms with Gasteiger partial charge >= 0.3 is 0 Å². The second-order valence-corrected chi connectivity index (χ2v) is 6.70. The number of ether oxygens (including phenoxy) is 1. The third kappa shape index (κ3) is 5.25. The topological polar surface area (TPSA) is 87.7 Å². The molecule has 26 heavy (non-hydrogen) atoms. The van der Waals surface area contributed by atoms with Crippen LogP contribution in [0.2, 0.25) is 0 Å². The number of aliphatic hydroxyl groups excluding tert-OH is 1. The molecular formula is C19H27FN2O4. The lowest BCUT2D eigenvalue weighted by molar-refractivity contribution is -0.133. The van der Waals surface area contributed by atoms with Gasteiger partial charge in [-0.15, -0.1) is 0 Å². The van der Waals surface area contributed by atoms with Gasteiger partial charge in [-0.3, -0.25) is 9.59 Å². The van der Waals surface area contributed by atoms with E-state index in [1.807, 2.05) is 0 Å². The maximum Gasteiger partial charge on any atom is 0.245 e. The van der Waals surface area contributed by atoms with Gasteiger partial charge in [0.1, 0.15) is 18.0 Å². The smallest absolute Gasteiger partial charge is 0.245 e. The van der Waals surface area contributed by atoms with E-state index >= 15 is 0 Å². The lowest BCUT2D eigenvalue weighted by Gasteiger charge is -2.24. The molecule has 144 valence electrons. The third-order valence-corrected chi connectivity index (χ3v) is 4.79. The number of aliphatic hydroxyl groups is 1. The minimum Gasteiger partial charge on any atom is -0.391 e. The largest absolute Gasteiger partial charge is 0.391 e. The average molecular weight is 366 g/mol. The predicted molar refractivity (Wildman–Crippen MR) is 94.7 cm³/mol. The van der Waals surface area contributed by atoms with Gasteiger partial charge in [0.25, 0.3) is 0 Å². The quantitative estimate of drug-likeness (QED) is 0.653. The second kappa shape index (κ2) is 9.64. The van der Waals surface area contributed by atoms with Gasteiger partial charge in [0.05, 0.1) is 6.10 Å². The summed E-state index contributed by atoms with van der Waals surface area (Å²) < 4.78 is 19.2. The number of carbonyl (C=O) groups is 2. The Morgan fingerprint density at radius 3 is 2.54 bits per heavy atom. The Morgan fingerprint density at radius 2 is 1.96 bits per heavy atom. The normalized spacial score (nSPS) is 18.2. The van der Waals surface area contributed by atoms with Gasteiger partial charge in [0.15, 0.2) is 0 Å². The summed E-state index contributed by atoms with van der Waals surface area (Å²) in [6, 6.07) is 5.12. The van der Waals surface area contributed by atoms with Crippen molar-refractivity contribution in [2.45, 2.75) is 50.9 Å². The van der Waals surface area contributed by atoms with E-state index in [1.165, 1.54) is 20.1 Å². The van der Waals surface area contributed by atoms with Gasteiger partial charge in [-0.2, -0.15) is 0 Å². The molecule has 6 nitrogen and oxygen atoms in total. The molecule has 2 rings (SSSR count). The average Bonchev–Trinajstić information content (AvgIpc) is 3.15. The van der Waals surface area contributed by atoms with Crippen molar-refractivity contribution < 1.29 is 23.8 Å². The fourth-order valence-corrected chi connectivity index (χ4v) is 3.22. The summed E-state index contributed by atoms with van der Waals surface area (Å²) in [6.07, 6.45) is 1.90. The molecule has 0 aromatic heterocycles. The lowest BCUT2D eigenvalue weighted by atomic mass is 10.1. The van der Waals surface area contributed by atoms with Gasteiger partial charge in [-0.25, -0.2) is 4.39 Å². The maximum atomic E-state index is 13.9. The van der Waals surface area contributed by atoms with Crippen LogP contribution in [0.4, 0.5) is 4.39 Å². The predicted octanol–water partition coefficient (Wildman–Crippen LogP) is 1.69. The van der Waals surface area contributed by atoms with Crippen molar-refractivity contribution in [3.8, 4) is 0 Å². The fourth-order valence-electron chi connectivity index (χ4n) is 3.22. The van der Waals surface area contributed by atoms with Crippen LogP contribution >= 0.6 is 0 Å². The number of rotatable bonds is 8. The molecule has 0 spiro atoms. The van der Waals surface area contributed by atoms with E-state index in [2.05, 4.69) is 10.6 Å². The number of amides is 2. The minimum absolute atomic E-state index is 0.0266. The number of carbonyl (C=O) groups excluding carboxylic acids is 2. The van der Waals surface area contributed by atoms with Gasteiger partial charge in [0, 0.05) is 25.1 Å². The minimum atomic E-state index is -1.05. The van der Waals surface area contributed by atoms with Crippen molar-refractivity contribution in [1.29, 1.82) is 0 Å². The van der Waals surface area contributed by atoms with Crippen LogP contribution in [0.3, 0.4) is 0 Å². The highest BCUT2D eigenvalue weighted by Gasteiger charge is 2.30. The Kier molecular flexibility index (Phi) is 7.53. The highest BCUT2D eigenvalue weighted by atomic mass is 19.1. The fraction of sp³-hybridized carbons (Fsp3) is 0.579. The molecule has 1 aliphatic carbocycles. The van der Waals surface area contributed by atoms with Gasteiger partial charge in [0.2, 0.25) is 11.8 Å². The Hall–Kier alpha value is -1.99. The monoisotopic (exact) mass is 366 g/mol. The molecule has 3 N–H and O–H groups in total. The van der Waals surface area contributed by atoms with E-state index in [4.69, 9.17) is 4.74 Å². The molecule has 1 fully saturated rings. The molecule has 0 saturated heterocycles. The van der Waals surface area contributed by atoms with Crippen LogP contribution in [0.25, 0.3) is 0 Å². The van der Waals surface area contributed by atoms with Crippen molar-refractivity contribution in [2.75, 3.05) is 13.7 Å². The van der Waals surface area contributed by atoms with Crippen LogP contribution in [-0.4, -0.2) is 42.7 Å². The highest BCUT2D eigenvalue weighted by Crippen LogP contribution is 2.25. The molecule has 0 radical (unpaired) electrons. The van der Waals surface area contributed by atoms with E-state index in [1.54, 1.807) is 18.2 Å². The Morgan fingerprint density at radius 1 is 1.31 bits per heavy atom. The first-order valence-corrected chi connectivity index (χ1v) is 8.97. The summed E-state index contributed by atoms with van der Waals surface area (Å²) in [5.74, 6) is -1.25. The first-order valence-electron chi connectivity index (χ1n) is 8.97. The molecule has 0 aliphatic heterocycles. The Balaban J connectivity index is 1.96. The number of hydrogen-bond donors (Lipinski definition) is 3. The molecule has 1 saturated carbocycles. The molecule has 3 unspecified atom stereocenters. The van der Waals surface area contributed by atoms with E-state index < -0.39 is 30.0 Å². The number of halogens is 1. The molecule has 1 aliphatic rings. The van der Waals surface area contributed by atoms with Crippen LogP contribution in [0.15, 0.2) is 24.3 Å². The maximum absolute atomic E-state index is 13.9. The third-order valence-electron chi connectivity index (χ3n) is 4.79. The van der Waals surface area contributed by atoms with Crippen molar-refractivity contribution in [1.82, 2.24) is 10.6 Å². The van der Waals surface area contributed by atoms with Gasteiger partial charge < -0.3 is 20.5 Å². The molecular weight excluding hydrogens is 339 g/mol. The van der Waals surface area contributed by atoms with Crippen molar-refractivity contribution >= 4 is 11.8 Å². The number of benzene rings is 1. The number of methoxy groups -OCH3 is 1.